The molecule has 0 aromatic heterocycles. The number of nitrogens with zero attached hydrogens (tertiary/aromatic N) is 1. The third-order valence-electron chi connectivity index (χ3n) is 4.01. The largest absolute Gasteiger partial charge is 0.496 e. The number of rotatable bonds is 6. The first-order valence-electron chi connectivity index (χ1n) is 8.60. The van der Waals surface area contributed by atoms with E-state index in [-0.39, 0.29) is 29.1 Å². The summed E-state index contributed by atoms with van der Waals surface area (Å²) in [4.78, 5) is 27.5. The summed E-state index contributed by atoms with van der Waals surface area (Å²) < 4.78 is 10.7. The predicted molar refractivity (Wildman–Crippen MR) is 99.8 cm³/mol. The van der Waals surface area contributed by atoms with Crippen LogP contribution >= 0.6 is 11.8 Å². The van der Waals surface area contributed by atoms with Crippen LogP contribution in [0.15, 0.2) is 24.3 Å². The molecule has 25 heavy (non-hydrogen) atoms. The molecular formula is C19H27NO4S. The first kappa shape index (κ1) is 19.6. The Balaban J connectivity index is 2.30. The van der Waals surface area contributed by atoms with Gasteiger partial charge in [-0.15, -0.1) is 11.8 Å². The Hall–Kier alpha value is -1.69. The minimum atomic E-state index is -0.562. The maximum Gasteiger partial charge on any atom is 0.329 e. The topological polar surface area (TPSA) is 55.8 Å². The fraction of sp³-hybridized carbons (Fsp3) is 0.579. The van der Waals surface area contributed by atoms with Crippen molar-refractivity contribution < 1.29 is 19.1 Å². The van der Waals surface area contributed by atoms with Crippen molar-refractivity contribution in [3.05, 3.63) is 29.8 Å². The number of ether oxygens (including phenoxy) is 2. The van der Waals surface area contributed by atoms with Gasteiger partial charge in [-0.3, -0.25) is 4.79 Å². The summed E-state index contributed by atoms with van der Waals surface area (Å²) in [5.41, 5.74) is 0.472. The van der Waals surface area contributed by atoms with Gasteiger partial charge in [0.25, 0.3) is 5.91 Å². The molecule has 2 rings (SSSR count). The average molecular weight is 365 g/mol. The van der Waals surface area contributed by atoms with Crippen molar-refractivity contribution in [1.82, 2.24) is 4.90 Å². The minimum Gasteiger partial charge on any atom is -0.496 e. The maximum atomic E-state index is 13.2. The number of esters is 1. The summed E-state index contributed by atoms with van der Waals surface area (Å²) in [6.45, 7) is 8.46. The highest BCUT2D eigenvalue weighted by atomic mass is 32.2. The van der Waals surface area contributed by atoms with Crippen molar-refractivity contribution in [2.75, 3.05) is 19.5 Å². The second kappa shape index (κ2) is 8.61. The van der Waals surface area contributed by atoms with Gasteiger partial charge in [-0.05, 0) is 24.0 Å². The second-order valence-corrected chi connectivity index (χ2v) is 8.07. The number of benzene rings is 1. The van der Waals surface area contributed by atoms with Crippen LogP contribution in [-0.4, -0.2) is 47.7 Å². The molecule has 1 aliphatic heterocycles. The van der Waals surface area contributed by atoms with Gasteiger partial charge in [0.2, 0.25) is 0 Å². The number of amides is 1. The molecule has 1 aliphatic rings. The highest BCUT2D eigenvalue weighted by Gasteiger charge is 2.44. The van der Waals surface area contributed by atoms with Gasteiger partial charge in [-0.1, -0.05) is 39.8 Å². The summed E-state index contributed by atoms with van der Waals surface area (Å²) in [6.07, 6.45) is 0. The minimum absolute atomic E-state index is 0.0611. The van der Waals surface area contributed by atoms with E-state index in [1.807, 2.05) is 19.9 Å². The maximum absolute atomic E-state index is 13.2. The first-order valence-corrected chi connectivity index (χ1v) is 9.65. The van der Waals surface area contributed by atoms with Crippen molar-refractivity contribution in [3.63, 3.8) is 0 Å². The van der Waals surface area contributed by atoms with Crippen LogP contribution in [0.2, 0.25) is 0 Å². The van der Waals surface area contributed by atoms with Gasteiger partial charge in [0.05, 0.1) is 24.7 Å². The number of methoxy groups -OCH3 is 1. The molecule has 0 radical (unpaired) electrons. The molecule has 138 valence electrons. The standard InChI is InChI=1S/C19H27NO4S/c1-12(2)10-24-19(22)15-11-25-18(13(3)4)20(15)17(21)14-8-6-7-9-16(14)23-5/h6-9,12-13,15,18H,10-11H2,1-5H3. The smallest absolute Gasteiger partial charge is 0.329 e. The molecule has 1 fully saturated rings. The molecule has 6 heteroatoms. The highest BCUT2D eigenvalue weighted by Crippen LogP contribution is 2.36. The molecule has 2 unspecified atom stereocenters. The normalized spacial score (nSPS) is 20.2. The van der Waals surface area contributed by atoms with Crippen molar-refractivity contribution in [1.29, 1.82) is 0 Å². The van der Waals surface area contributed by atoms with Gasteiger partial charge in [-0.2, -0.15) is 0 Å². The third-order valence-corrected chi connectivity index (χ3v) is 5.63. The monoisotopic (exact) mass is 365 g/mol. The van der Waals surface area contributed by atoms with Gasteiger partial charge in [0.1, 0.15) is 11.8 Å². The van der Waals surface area contributed by atoms with E-state index in [1.165, 1.54) is 0 Å². The van der Waals surface area contributed by atoms with Crippen LogP contribution in [0, 0.1) is 11.8 Å². The van der Waals surface area contributed by atoms with Crippen LogP contribution in [-0.2, 0) is 9.53 Å². The van der Waals surface area contributed by atoms with E-state index in [9.17, 15) is 9.59 Å². The van der Waals surface area contributed by atoms with Crippen LogP contribution in [0.4, 0.5) is 0 Å². The predicted octanol–water partition coefficient (Wildman–Crippen LogP) is 3.43. The lowest BCUT2D eigenvalue weighted by molar-refractivity contribution is -0.149. The molecule has 2 atom stereocenters. The number of carbonyl (C=O) groups is 2. The Kier molecular flexibility index (Phi) is 6.76. The van der Waals surface area contributed by atoms with Crippen molar-refractivity contribution in [3.8, 4) is 5.75 Å². The third kappa shape index (κ3) is 4.48. The fourth-order valence-corrected chi connectivity index (χ4v) is 4.25. The molecule has 1 aromatic carbocycles. The fourth-order valence-electron chi connectivity index (χ4n) is 2.79. The van der Waals surface area contributed by atoms with E-state index in [0.29, 0.717) is 23.7 Å². The van der Waals surface area contributed by atoms with Gasteiger partial charge in [0, 0.05) is 5.75 Å². The van der Waals surface area contributed by atoms with Crippen molar-refractivity contribution in [2.45, 2.75) is 39.1 Å². The van der Waals surface area contributed by atoms with E-state index in [4.69, 9.17) is 9.47 Å². The van der Waals surface area contributed by atoms with Crippen LogP contribution < -0.4 is 4.74 Å². The Morgan fingerprint density at radius 1 is 1.24 bits per heavy atom. The van der Waals surface area contributed by atoms with Crippen LogP contribution in [0.25, 0.3) is 0 Å². The molecule has 0 aliphatic carbocycles. The first-order chi connectivity index (χ1) is 11.9. The van der Waals surface area contributed by atoms with Crippen LogP contribution in [0.1, 0.15) is 38.1 Å². The Bertz CT molecular complexity index is 617. The molecule has 1 saturated heterocycles. The molecule has 1 aromatic rings. The highest BCUT2D eigenvalue weighted by molar-refractivity contribution is 8.00. The zero-order chi connectivity index (χ0) is 18.6. The van der Waals surface area contributed by atoms with Crippen molar-refractivity contribution in [2.24, 2.45) is 11.8 Å². The molecule has 0 saturated carbocycles. The number of carbonyl (C=O) groups excluding carboxylic acids is 2. The molecule has 0 spiro atoms. The van der Waals surface area contributed by atoms with Crippen LogP contribution in [0.3, 0.4) is 0 Å². The second-order valence-electron chi connectivity index (χ2n) is 6.92. The molecule has 0 bridgehead atoms. The number of hydrogen-bond acceptors (Lipinski definition) is 5. The summed E-state index contributed by atoms with van der Waals surface area (Å²) in [6, 6.07) is 6.55. The SMILES string of the molecule is COc1ccccc1C(=O)N1C(C(=O)OCC(C)C)CSC1C(C)C. The molecule has 0 N–H and O–H groups in total. The van der Waals surface area contributed by atoms with Crippen molar-refractivity contribution >= 4 is 23.6 Å². The number of para-hydroxylation sites is 1. The molecule has 5 nitrogen and oxygen atoms in total. The number of hydrogen-bond donors (Lipinski definition) is 0. The quantitative estimate of drug-likeness (QED) is 0.723. The zero-order valence-electron chi connectivity index (χ0n) is 15.5. The Morgan fingerprint density at radius 2 is 1.92 bits per heavy atom. The summed E-state index contributed by atoms with van der Waals surface area (Å²) in [5.74, 6) is 1.05. The summed E-state index contributed by atoms with van der Waals surface area (Å²) in [7, 11) is 1.54. The van der Waals surface area contributed by atoms with Crippen LogP contribution in [0.5, 0.6) is 5.75 Å². The van der Waals surface area contributed by atoms with E-state index in [0.717, 1.165) is 0 Å². The molecule has 1 heterocycles. The summed E-state index contributed by atoms with van der Waals surface area (Å²) >= 11 is 1.63. The zero-order valence-corrected chi connectivity index (χ0v) is 16.3. The van der Waals surface area contributed by atoms with E-state index >= 15 is 0 Å². The van der Waals surface area contributed by atoms with Gasteiger partial charge in [-0.25, -0.2) is 4.79 Å². The van der Waals surface area contributed by atoms with E-state index < -0.39 is 6.04 Å². The van der Waals surface area contributed by atoms with E-state index in [2.05, 4.69) is 13.8 Å². The van der Waals surface area contributed by atoms with E-state index in [1.54, 1.807) is 42.0 Å². The van der Waals surface area contributed by atoms with Gasteiger partial charge < -0.3 is 14.4 Å². The molecular weight excluding hydrogens is 338 g/mol. The Morgan fingerprint density at radius 3 is 2.52 bits per heavy atom. The van der Waals surface area contributed by atoms with Gasteiger partial charge >= 0.3 is 5.97 Å². The Labute approximate surface area is 154 Å². The molecule has 1 amide bonds. The lowest BCUT2D eigenvalue weighted by Gasteiger charge is -2.31. The van der Waals surface area contributed by atoms with Gasteiger partial charge in [0.15, 0.2) is 0 Å². The average Bonchev–Trinajstić information content (AvgIpc) is 3.04. The lowest BCUT2D eigenvalue weighted by Crippen LogP contribution is -2.48. The number of thioether (sulfide) groups is 1. The lowest BCUT2D eigenvalue weighted by atomic mass is 10.1. The summed E-state index contributed by atoms with van der Waals surface area (Å²) in [5, 5.41) is -0.0611.